The Labute approximate surface area is 64.6 Å². The van der Waals surface area contributed by atoms with Crippen LogP contribution in [0.1, 0.15) is 17.7 Å². The van der Waals surface area contributed by atoms with Gasteiger partial charge in [0.1, 0.15) is 5.76 Å². The minimum Gasteiger partial charge on any atom is -0.361 e. The molecule has 2 rings (SSSR count). The van der Waals surface area contributed by atoms with Gasteiger partial charge in [0.05, 0.1) is 18.2 Å². The molecule has 3 nitrogen and oxygen atoms in total. The summed E-state index contributed by atoms with van der Waals surface area (Å²) >= 11 is 0. The maximum absolute atomic E-state index is 8.65. The third-order valence-electron chi connectivity index (χ3n) is 2.10. The molecular weight excluding hydrogens is 140 g/mol. The van der Waals surface area contributed by atoms with Gasteiger partial charge in [0.25, 0.3) is 0 Å². The van der Waals surface area contributed by atoms with E-state index in [0.29, 0.717) is 0 Å². The number of nitriles is 1. The maximum atomic E-state index is 8.65. The van der Waals surface area contributed by atoms with Crippen molar-refractivity contribution in [1.29, 1.82) is 5.26 Å². The predicted octanol–water partition coefficient (Wildman–Crippen LogP) is 1.30. The summed E-state index contributed by atoms with van der Waals surface area (Å²) in [6.45, 7) is 0. The molecule has 1 aromatic rings. The van der Waals surface area contributed by atoms with Crippen LogP contribution in [-0.2, 0) is 12.8 Å². The smallest absolute Gasteiger partial charge is 0.139 e. The molecule has 0 saturated heterocycles. The second-order valence-electron chi connectivity index (χ2n) is 2.84. The van der Waals surface area contributed by atoms with Crippen molar-refractivity contribution in [2.45, 2.75) is 19.3 Å². The first-order valence-electron chi connectivity index (χ1n) is 3.72. The van der Waals surface area contributed by atoms with Gasteiger partial charge in [-0.25, -0.2) is 0 Å². The van der Waals surface area contributed by atoms with Gasteiger partial charge in [-0.3, -0.25) is 0 Å². The normalized spacial score (nSPS) is 22.3. The van der Waals surface area contributed by atoms with Gasteiger partial charge in [-0.05, 0) is 12.8 Å². The van der Waals surface area contributed by atoms with E-state index in [2.05, 4.69) is 11.2 Å². The number of aromatic nitrogens is 1. The number of nitrogens with zero attached hydrogens (tertiary/aromatic N) is 2. The van der Waals surface area contributed by atoms with E-state index in [9.17, 15) is 0 Å². The minimum absolute atomic E-state index is 0.168. The summed E-state index contributed by atoms with van der Waals surface area (Å²) in [4.78, 5) is 0. The molecule has 11 heavy (non-hydrogen) atoms. The number of fused-ring (bicyclic) bond motifs is 1. The van der Waals surface area contributed by atoms with Crippen LogP contribution in [0.15, 0.2) is 10.7 Å². The van der Waals surface area contributed by atoms with Crippen molar-refractivity contribution in [2.75, 3.05) is 0 Å². The lowest BCUT2D eigenvalue weighted by Gasteiger charge is -2.12. The lowest BCUT2D eigenvalue weighted by Crippen LogP contribution is -2.10. The first-order chi connectivity index (χ1) is 5.40. The van der Waals surface area contributed by atoms with E-state index in [1.807, 2.05) is 0 Å². The number of aryl methyl sites for hydroxylation is 1. The molecule has 0 aliphatic heterocycles. The molecule has 0 bridgehead atoms. The standard InChI is InChI=1S/C8H8N2O/c9-4-6-1-2-8-7(3-6)5-10-11-8/h5-6H,1-3H2/t6-/m1/s1. The molecule has 1 aromatic heterocycles. The summed E-state index contributed by atoms with van der Waals surface area (Å²) in [6.07, 6.45) is 4.32. The molecule has 0 aromatic carbocycles. The number of rotatable bonds is 0. The molecule has 0 fully saturated rings. The average Bonchev–Trinajstić information content (AvgIpc) is 2.50. The second kappa shape index (κ2) is 2.39. The van der Waals surface area contributed by atoms with E-state index in [-0.39, 0.29) is 5.92 Å². The van der Waals surface area contributed by atoms with E-state index in [4.69, 9.17) is 9.78 Å². The molecule has 0 saturated carbocycles. The lowest BCUT2D eigenvalue weighted by atomic mass is 9.90. The van der Waals surface area contributed by atoms with Crippen LogP contribution in [0.2, 0.25) is 0 Å². The van der Waals surface area contributed by atoms with Crippen molar-refractivity contribution in [1.82, 2.24) is 5.16 Å². The van der Waals surface area contributed by atoms with Crippen molar-refractivity contribution >= 4 is 0 Å². The molecule has 56 valence electrons. The first kappa shape index (κ1) is 6.41. The Bertz CT molecular complexity index is 297. The van der Waals surface area contributed by atoms with Gasteiger partial charge in [0.15, 0.2) is 0 Å². The Kier molecular flexibility index (Phi) is 1.39. The molecule has 1 aliphatic carbocycles. The van der Waals surface area contributed by atoms with Crippen LogP contribution in [0, 0.1) is 17.2 Å². The third kappa shape index (κ3) is 1.01. The monoisotopic (exact) mass is 148 g/mol. The lowest BCUT2D eigenvalue weighted by molar-refractivity contribution is 0.363. The summed E-state index contributed by atoms with van der Waals surface area (Å²) in [5.74, 6) is 1.14. The molecule has 0 N–H and O–H groups in total. The molecule has 0 radical (unpaired) electrons. The Morgan fingerprint density at radius 3 is 3.45 bits per heavy atom. The maximum Gasteiger partial charge on any atom is 0.139 e. The zero-order chi connectivity index (χ0) is 7.68. The first-order valence-corrected chi connectivity index (χ1v) is 3.72. The average molecular weight is 148 g/mol. The summed E-state index contributed by atoms with van der Waals surface area (Å²) in [5, 5.41) is 12.3. The molecule has 1 heterocycles. The van der Waals surface area contributed by atoms with Crippen LogP contribution in [-0.4, -0.2) is 5.16 Å². The fourth-order valence-electron chi connectivity index (χ4n) is 1.44. The second-order valence-corrected chi connectivity index (χ2v) is 2.84. The van der Waals surface area contributed by atoms with E-state index in [1.165, 1.54) is 0 Å². The van der Waals surface area contributed by atoms with Crippen molar-refractivity contribution in [3.8, 4) is 6.07 Å². The fourth-order valence-corrected chi connectivity index (χ4v) is 1.44. The predicted molar refractivity (Wildman–Crippen MR) is 37.6 cm³/mol. The topological polar surface area (TPSA) is 49.8 Å². The molecule has 0 amide bonds. The molecule has 0 unspecified atom stereocenters. The van der Waals surface area contributed by atoms with Crippen LogP contribution in [0.4, 0.5) is 0 Å². The van der Waals surface area contributed by atoms with Crippen LogP contribution in [0.3, 0.4) is 0 Å². The zero-order valence-corrected chi connectivity index (χ0v) is 6.08. The summed E-state index contributed by atoms with van der Waals surface area (Å²) < 4.78 is 4.99. The van der Waals surface area contributed by atoms with Gasteiger partial charge in [-0.2, -0.15) is 5.26 Å². The summed E-state index contributed by atoms with van der Waals surface area (Å²) in [5.41, 5.74) is 1.11. The highest BCUT2D eigenvalue weighted by Crippen LogP contribution is 2.24. The van der Waals surface area contributed by atoms with Crippen LogP contribution < -0.4 is 0 Å². The number of hydrogen-bond acceptors (Lipinski definition) is 3. The molecule has 3 heteroatoms. The Morgan fingerprint density at radius 2 is 2.64 bits per heavy atom. The Morgan fingerprint density at radius 1 is 1.73 bits per heavy atom. The van der Waals surface area contributed by atoms with Crippen molar-refractivity contribution in [2.24, 2.45) is 5.92 Å². The SMILES string of the molecule is N#C[C@@H]1CCc2oncc2C1. The van der Waals surface area contributed by atoms with Gasteiger partial charge in [-0.1, -0.05) is 5.16 Å². The van der Waals surface area contributed by atoms with E-state index >= 15 is 0 Å². The number of hydrogen-bond donors (Lipinski definition) is 0. The van der Waals surface area contributed by atoms with Crippen LogP contribution in [0.25, 0.3) is 0 Å². The highest BCUT2D eigenvalue weighted by Gasteiger charge is 2.20. The minimum atomic E-state index is 0.168. The Hall–Kier alpha value is -1.30. The van der Waals surface area contributed by atoms with Gasteiger partial charge in [0.2, 0.25) is 0 Å². The Balaban J connectivity index is 2.26. The molecule has 1 aliphatic rings. The van der Waals surface area contributed by atoms with Crippen molar-refractivity contribution in [3.05, 3.63) is 17.5 Å². The van der Waals surface area contributed by atoms with Crippen molar-refractivity contribution in [3.63, 3.8) is 0 Å². The fraction of sp³-hybridized carbons (Fsp3) is 0.500. The van der Waals surface area contributed by atoms with E-state index < -0.39 is 0 Å². The quantitative estimate of drug-likeness (QED) is 0.557. The molecule has 0 spiro atoms. The molecule has 1 atom stereocenters. The molecular formula is C8H8N2O. The third-order valence-corrected chi connectivity index (χ3v) is 2.10. The van der Waals surface area contributed by atoms with Crippen LogP contribution in [0.5, 0.6) is 0 Å². The van der Waals surface area contributed by atoms with Gasteiger partial charge in [0, 0.05) is 12.0 Å². The summed E-state index contributed by atoms with van der Waals surface area (Å²) in [6, 6.07) is 2.27. The van der Waals surface area contributed by atoms with Crippen LogP contribution >= 0.6 is 0 Å². The highest BCUT2D eigenvalue weighted by molar-refractivity contribution is 5.19. The highest BCUT2D eigenvalue weighted by atomic mass is 16.5. The summed E-state index contributed by atoms with van der Waals surface area (Å²) in [7, 11) is 0. The zero-order valence-electron chi connectivity index (χ0n) is 6.08. The van der Waals surface area contributed by atoms with E-state index in [0.717, 1.165) is 30.6 Å². The van der Waals surface area contributed by atoms with Gasteiger partial charge >= 0.3 is 0 Å². The van der Waals surface area contributed by atoms with E-state index in [1.54, 1.807) is 6.20 Å². The van der Waals surface area contributed by atoms with Gasteiger partial charge in [-0.15, -0.1) is 0 Å². The van der Waals surface area contributed by atoms with Crippen molar-refractivity contribution < 1.29 is 4.52 Å². The largest absolute Gasteiger partial charge is 0.361 e. The van der Waals surface area contributed by atoms with Gasteiger partial charge < -0.3 is 4.52 Å².